The summed E-state index contributed by atoms with van der Waals surface area (Å²) in [6.45, 7) is 8.85. The standard InChI is InChI=1S/C24H23BrO6/c1-13-10-20(27)31-23-16(13)7-9-19(22(23)14(2)26)30-21(28)12-29-18-8-6-15(25)11-17(18)24(3,4)5/h6-11H,12H2,1-5H3. The first-order chi connectivity index (χ1) is 14.5. The molecule has 6 nitrogen and oxygen atoms in total. The number of carbonyl (C=O) groups is 2. The number of esters is 1. The monoisotopic (exact) mass is 486 g/mol. The Kier molecular flexibility index (Phi) is 6.36. The first-order valence-electron chi connectivity index (χ1n) is 9.69. The van der Waals surface area contributed by atoms with Gasteiger partial charge >= 0.3 is 11.6 Å². The van der Waals surface area contributed by atoms with Gasteiger partial charge in [0.1, 0.15) is 17.1 Å². The normalized spacial score (nSPS) is 11.4. The van der Waals surface area contributed by atoms with Crippen LogP contribution < -0.4 is 15.1 Å². The summed E-state index contributed by atoms with van der Waals surface area (Å²) >= 11 is 3.45. The van der Waals surface area contributed by atoms with Crippen molar-refractivity contribution in [3.63, 3.8) is 0 Å². The summed E-state index contributed by atoms with van der Waals surface area (Å²) in [5.74, 6) is -0.473. The molecule has 31 heavy (non-hydrogen) atoms. The predicted molar refractivity (Wildman–Crippen MR) is 121 cm³/mol. The first-order valence-corrected chi connectivity index (χ1v) is 10.5. The number of Topliss-reactive ketones (excluding diaryl/α,β-unsaturated/α-hetero) is 1. The number of rotatable bonds is 5. The van der Waals surface area contributed by atoms with Crippen molar-refractivity contribution in [2.45, 2.75) is 40.0 Å². The average molecular weight is 487 g/mol. The predicted octanol–water partition coefficient (Wildman–Crippen LogP) is 5.35. The molecule has 0 radical (unpaired) electrons. The zero-order valence-electron chi connectivity index (χ0n) is 18.0. The second-order valence-corrected chi connectivity index (χ2v) is 9.19. The highest BCUT2D eigenvalue weighted by atomic mass is 79.9. The van der Waals surface area contributed by atoms with Crippen molar-refractivity contribution < 1.29 is 23.5 Å². The number of carbonyl (C=O) groups excluding carboxylic acids is 2. The number of ether oxygens (including phenoxy) is 2. The Labute approximate surface area is 188 Å². The molecule has 0 amide bonds. The molecule has 0 N–H and O–H groups in total. The number of ketones is 1. The quantitative estimate of drug-likeness (QED) is 0.209. The minimum Gasteiger partial charge on any atom is -0.482 e. The number of benzene rings is 2. The average Bonchev–Trinajstić information content (AvgIpc) is 2.65. The molecule has 0 bridgehead atoms. The van der Waals surface area contributed by atoms with Crippen LogP contribution in [0.3, 0.4) is 0 Å². The van der Waals surface area contributed by atoms with Crippen LogP contribution in [0.1, 0.15) is 49.2 Å². The zero-order chi connectivity index (χ0) is 22.9. The van der Waals surface area contributed by atoms with E-state index in [0.29, 0.717) is 16.7 Å². The van der Waals surface area contributed by atoms with Gasteiger partial charge in [-0.15, -0.1) is 0 Å². The molecule has 0 aliphatic rings. The van der Waals surface area contributed by atoms with Crippen molar-refractivity contribution in [1.82, 2.24) is 0 Å². The molecule has 0 saturated heterocycles. The first kappa shape index (κ1) is 22.7. The molecular formula is C24H23BrO6. The molecule has 162 valence electrons. The molecule has 0 aliphatic carbocycles. The van der Waals surface area contributed by atoms with E-state index >= 15 is 0 Å². The molecule has 3 rings (SSSR count). The summed E-state index contributed by atoms with van der Waals surface area (Å²) in [7, 11) is 0. The van der Waals surface area contributed by atoms with Gasteiger partial charge in [-0.3, -0.25) is 4.79 Å². The molecule has 2 aromatic carbocycles. The van der Waals surface area contributed by atoms with Gasteiger partial charge in [0, 0.05) is 21.5 Å². The number of hydrogen-bond donors (Lipinski definition) is 0. The number of halogens is 1. The van der Waals surface area contributed by atoms with E-state index in [-0.39, 0.29) is 34.7 Å². The Balaban J connectivity index is 1.87. The topological polar surface area (TPSA) is 82.8 Å². The van der Waals surface area contributed by atoms with Gasteiger partial charge < -0.3 is 13.9 Å². The minimum absolute atomic E-state index is 0.0224. The fraction of sp³-hybridized carbons (Fsp3) is 0.292. The second kappa shape index (κ2) is 8.67. The molecule has 1 heterocycles. The Morgan fingerprint density at radius 2 is 1.74 bits per heavy atom. The third-order valence-electron chi connectivity index (χ3n) is 4.75. The lowest BCUT2D eigenvalue weighted by Gasteiger charge is -2.23. The summed E-state index contributed by atoms with van der Waals surface area (Å²) in [6, 6.07) is 10.1. The maximum absolute atomic E-state index is 12.5. The van der Waals surface area contributed by atoms with E-state index < -0.39 is 11.6 Å². The Morgan fingerprint density at radius 3 is 2.39 bits per heavy atom. The Morgan fingerprint density at radius 1 is 1.06 bits per heavy atom. The molecule has 0 spiro atoms. The van der Waals surface area contributed by atoms with Crippen LogP contribution >= 0.6 is 15.9 Å². The van der Waals surface area contributed by atoms with E-state index in [1.165, 1.54) is 19.1 Å². The third-order valence-corrected chi connectivity index (χ3v) is 5.25. The van der Waals surface area contributed by atoms with Crippen LogP contribution in [0, 0.1) is 6.92 Å². The van der Waals surface area contributed by atoms with Crippen LogP contribution in [0.15, 0.2) is 50.1 Å². The summed E-state index contributed by atoms with van der Waals surface area (Å²) < 4.78 is 17.3. The Hall–Kier alpha value is -2.93. The van der Waals surface area contributed by atoms with E-state index in [0.717, 1.165) is 10.0 Å². The van der Waals surface area contributed by atoms with Crippen molar-refractivity contribution >= 4 is 38.7 Å². The lowest BCUT2D eigenvalue weighted by molar-refractivity contribution is -0.136. The molecule has 0 unspecified atom stereocenters. The molecule has 1 aromatic heterocycles. The summed E-state index contributed by atoms with van der Waals surface area (Å²) in [5, 5.41) is 0.602. The maximum Gasteiger partial charge on any atom is 0.349 e. The number of fused-ring (bicyclic) bond motifs is 1. The van der Waals surface area contributed by atoms with Gasteiger partial charge in [0.25, 0.3) is 0 Å². The molecule has 0 atom stereocenters. The van der Waals surface area contributed by atoms with Crippen molar-refractivity contribution in [3.8, 4) is 11.5 Å². The number of hydrogen-bond acceptors (Lipinski definition) is 6. The van der Waals surface area contributed by atoms with Crippen molar-refractivity contribution in [3.05, 3.63) is 68.0 Å². The largest absolute Gasteiger partial charge is 0.482 e. The van der Waals surface area contributed by atoms with Gasteiger partial charge in [-0.25, -0.2) is 9.59 Å². The molecule has 0 aliphatic heterocycles. The van der Waals surface area contributed by atoms with E-state index in [4.69, 9.17) is 13.9 Å². The molecule has 3 aromatic rings. The highest BCUT2D eigenvalue weighted by molar-refractivity contribution is 9.10. The zero-order valence-corrected chi connectivity index (χ0v) is 19.6. The summed E-state index contributed by atoms with van der Waals surface area (Å²) in [5.41, 5.74) is 0.974. The van der Waals surface area contributed by atoms with Crippen LogP contribution in [0.2, 0.25) is 0 Å². The fourth-order valence-corrected chi connectivity index (χ4v) is 3.65. The van der Waals surface area contributed by atoms with Gasteiger partial charge in [-0.2, -0.15) is 0 Å². The van der Waals surface area contributed by atoms with Gasteiger partial charge in [-0.05, 0) is 55.2 Å². The van der Waals surface area contributed by atoms with Crippen molar-refractivity contribution in [2.75, 3.05) is 6.61 Å². The van der Waals surface area contributed by atoms with Crippen molar-refractivity contribution in [1.29, 1.82) is 0 Å². The van der Waals surface area contributed by atoms with E-state index in [1.807, 2.05) is 32.9 Å². The van der Waals surface area contributed by atoms with E-state index in [2.05, 4.69) is 15.9 Å². The maximum atomic E-state index is 12.5. The molecule has 0 fully saturated rings. The SMILES string of the molecule is CC(=O)c1c(OC(=O)COc2ccc(Br)cc2C(C)(C)C)ccc2c(C)cc(=O)oc12. The van der Waals surface area contributed by atoms with Crippen LogP contribution in [-0.4, -0.2) is 18.4 Å². The van der Waals surface area contributed by atoms with Gasteiger partial charge in [0.05, 0.1) is 0 Å². The third kappa shape index (κ3) is 5.05. The van der Waals surface area contributed by atoms with Gasteiger partial charge in [-0.1, -0.05) is 36.7 Å². The highest BCUT2D eigenvalue weighted by Gasteiger charge is 2.22. The van der Waals surface area contributed by atoms with Crippen LogP contribution in [0.25, 0.3) is 11.0 Å². The van der Waals surface area contributed by atoms with Gasteiger partial charge in [0.2, 0.25) is 0 Å². The molecule has 7 heteroatoms. The van der Waals surface area contributed by atoms with E-state index in [9.17, 15) is 14.4 Å². The lowest BCUT2D eigenvalue weighted by atomic mass is 9.86. The lowest BCUT2D eigenvalue weighted by Crippen LogP contribution is -2.21. The highest BCUT2D eigenvalue weighted by Crippen LogP contribution is 2.34. The van der Waals surface area contributed by atoms with Crippen molar-refractivity contribution in [2.24, 2.45) is 0 Å². The smallest absolute Gasteiger partial charge is 0.349 e. The summed E-state index contributed by atoms with van der Waals surface area (Å²) in [6.07, 6.45) is 0. The van der Waals surface area contributed by atoms with Gasteiger partial charge in [0.15, 0.2) is 18.0 Å². The summed E-state index contributed by atoms with van der Waals surface area (Å²) in [4.78, 5) is 36.6. The molecule has 0 saturated carbocycles. The second-order valence-electron chi connectivity index (χ2n) is 8.27. The Bertz CT molecular complexity index is 1230. The minimum atomic E-state index is -0.681. The number of aryl methyl sites for hydroxylation is 1. The fourth-order valence-electron chi connectivity index (χ4n) is 3.29. The van der Waals surface area contributed by atoms with Crippen LogP contribution in [-0.2, 0) is 10.2 Å². The molecular weight excluding hydrogens is 464 g/mol. The van der Waals surface area contributed by atoms with Crippen LogP contribution in [0.5, 0.6) is 11.5 Å². The van der Waals surface area contributed by atoms with Crippen LogP contribution in [0.4, 0.5) is 0 Å². The van der Waals surface area contributed by atoms with E-state index in [1.54, 1.807) is 19.1 Å².